The molecule has 1 saturated heterocycles. The van der Waals surface area contributed by atoms with Crippen molar-refractivity contribution in [2.24, 2.45) is 5.92 Å². The number of likely N-dealkylation sites (tertiary alicyclic amines) is 1. The Balaban J connectivity index is 1.50. The van der Waals surface area contributed by atoms with E-state index in [1.54, 1.807) is 11.3 Å². The number of carbonyl (C=O) groups excluding carboxylic acids is 1. The fraction of sp³-hybridized carbons (Fsp3) is 0.667. The molecule has 1 aromatic rings. The summed E-state index contributed by atoms with van der Waals surface area (Å²) in [7, 11) is 0. The van der Waals surface area contributed by atoms with Crippen molar-refractivity contribution in [1.29, 1.82) is 0 Å². The molecule has 2 fully saturated rings. The van der Waals surface area contributed by atoms with Gasteiger partial charge in [0, 0.05) is 19.1 Å². The van der Waals surface area contributed by atoms with Gasteiger partial charge < -0.3 is 10.2 Å². The summed E-state index contributed by atoms with van der Waals surface area (Å²) in [4.78, 5) is 15.3. The van der Waals surface area contributed by atoms with Crippen molar-refractivity contribution in [2.45, 2.75) is 38.6 Å². The third kappa shape index (κ3) is 3.43. The average Bonchev–Trinajstić information content (AvgIpc) is 3.22. The van der Waals surface area contributed by atoms with Crippen LogP contribution < -0.4 is 5.32 Å². The van der Waals surface area contributed by atoms with E-state index >= 15 is 0 Å². The molecule has 3 rings (SSSR count). The smallest absolute Gasteiger partial charge is 0.263 e. The molecule has 1 saturated carbocycles. The van der Waals surface area contributed by atoms with Crippen molar-refractivity contribution >= 4 is 33.2 Å². The van der Waals surface area contributed by atoms with Gasteiger partial charge in [0.05, 0.1) is 8.66 Å². The van der Waals surface area contributed by atoms with E-state index in [0.29, 0.717) is 6.04 Å². The summed E-state index contributed by atoms with van der Waals surface area (Å²) in [6, 6.07) is 2.60. The Morgan fingerprint density at radius 1 is 1.40 bits per heavy atom. The minimum Gasteiger partial charge on any atom is -0.338 e. The summed E-state index contributed by atoms with van der Waals surface area (Å²) in [6.45, 7) is 4.98. The average molecular weight is 357 g/mol. The van der Waals surface area contributed by atoms with Gasteiger partial charge >= 0.3 is 0 Å². The van der Waals surface area contributed by atoms with Gasteiger partial charge in [0.1, 0.15) is 0 Å². The first kappa shape index (κ1) is 14.5. The lowest BCUT2D eigenvalue weighted by Crippen LogP contribution is -2.45. The molecule has 110 valence electrons. The molecule has 1 aliphatic carbocycles. The number of hydrogen-bond acceptors (Lipinski definition) is 3. The van der Waals surface area contributed by atoms with Crippen LogP contribution in [0.15, 0.2) is 9.85 Å². The number of nitrogens with zero attached hydrogens (tertiary/aromatic N) is 1. The Hall–Kier alpha value is -0.390. The number of amides is 1. The van der Waals surface area contributed by atoms with Crippen molar-refractivity contribution < 1.29 is 4.79 Å². The molecule has 0 unspecified atom stereocenters. The summed E-state index contributed by atoms with van der Waals surface area (Å²) >= 11 is 5.04. The van der Waals surface area contributed by atoms with E-state index in [4.69, 9.17) is 0 Å². The second-order valence-electron chi connectivity index (χ2n) is 5.99. The summed E-state index contributed by atoms with van der Waals surface area (Å²) in [5.41, 5.74) is 1.15. The van der Waals surface area contributed by atoms with Gasteiger partial charge in [0.25, 0.3) is 5.91 Å². The molecule has 20 heavy (non-hydrogen) atoms. The maximum Gasteiger partial charge on any atom is 0.263 e. The Labute approximate surface area is 132 Å². The highest BCUT2D eigenvalue weighted by Crippen LogP contribution is 2.30. The maximum absolute atomic E-state index is 12.4. The van der Waals surface area contributed by atoms with Crippen LogP contribution in [0.5, 0.6) is 0 Å². The summed E-state index contributed by atoms with van der Waals surface area (Å²) in [6.07, 6.45) is 4.97. The van der Waals surface area contributed by atoms with Crippen molar-refractivity contribution in [3.63, 3.8) is 0 Å². The first-order chi connectivity index (χ1) is 9.63. The fourth-order valence-corrected chi connectivity index (χ4v) is 4.17. The van der Waals surface area contributed by atoms with Crippen LogP contribution in [-0.2, 0) is 0 Å². The van der Waals surface area contributed by atoms with Gasteiger partial charge in [0.2, 0.25) is 0 Å². The third-order valence-electron chi connectivity index (χ3n) is 4.24. The zero-order valence-corrected chi connectivity index (χ0v) is 14.2. The number of aryl methyl sites for hydroxylation is 1. The topological polar surface area (TPSA) is 32.3 Å². The number of hydrogen-bond donors (Lipinski definition) is 1. The molecular formula is C15H21BrN2OS. The molecule has 1 aromatic heterocycles. The first-order valence-electron chi connectivity index (χ1n) is 7.42. The van der Waals surface area contributed by atoms with Crippen molar-refractivity contribution in [3.05, 3.63) is 20.3 Å². The molecule has 0 spiro atoms. The van der Waals surface area contributed by atoms with E-state index in [9.17, 15) is 4.79 Å². The normalized spacial score (nSPS) is 20.4. The van der Waals surface area contributed by atoms with E-state index in [0.717, 1.165) is 46.1 Å². The lowest BCUT2D eigenvalue weighted by Gasteiger charge is -2.32. The van der Waals surface area contributed by atoms with Crippen molar-refractivity contribution in [2.75, 3.05) is 19.6 Å². The van der Waals surface area contributed by atoms with E-state index in [1.165, 1.54) is 19.4 Å². The van der Waals surface area contributed by atoms with Crippen LogP contribution in [0.25, 0.3) is 0 Å². The molecule has 0 atom stereocenters. The molecule has 0 bridgehead atoms. The van der Waals surface area contributed by atoms with Gasteiger partial charge in [-0.1, -0.05) is 0 Å². The second-order valence-corrected chi connectivity index (χ2v) is 8.36. The van der Waals surface area contributed by atoms with Crippen LogP contribution in [0.3, 0.4) is 0 Å². The van der Waals surface area contributed by atoms with Crippen molar-refractivity contribution in [1.82, 2.24) is 10.2 Å². The van der Waals surface area contributed by atoms with Crippen LogP contribution in [0.4, 0.5) is 0 Å². The largest absolute Gasteiger partial charge is 0.338 e. The van der Waals surface area contributed by atoms with Crippen LogP contribution in [-0.4, -0.2) is 36.5 Å². The minimum absolute atomic E-state index is 0.199. The summed E-state index contributed by atoms with van der Waals surface area (Å²) in [5, 5.41) is 3.65. The Kier molecular flexibility index (Phi) is 4.48. The van der Waals surface area contributed by atoms with Crippen LogP contribution in [0, 0.1) is 12.8 Å². The van der Waals surface area contributed by atoms with E-state index in [2.05, 4.69) is 21.2 Å². The zero-order chi connectivity index (χ0) is 14.1. The van der Waals surface area contributed by atoms with Crippen LogP contribution >= 0.6 is 27.3 Å². The summed E-state index contributed by atoms with van der Waals surface area (Å²) < 4.78 is 1.07. The predicted molar refractivity (Wildman–Crippen MR) is 86.4 cm³/mol. The number of rotatable bonds is 4. The Bertz CT molecular complexity index is 471. The molecule has 5 heteroatoms. The maximum atomic E-state index is 12.4. The van der Waals surface area contributed by atoms with E-state index in [-0.39, 0.29) is 5.91 Å². The van der Waals surface area contributed by atoms with Gasteiger partial charge in [-0.2, -0.15) is 0 Å². The van der Waals surface area contributed by atoms with Gasteiger partial charge in [-0.15, -0.1) is 11.3 Å². The minimum atomic E-state index is 0.199. The lowest BCUT2D eigenvalue weighted by atomic mass is 10.0. The van der Waals surface area contributed by atoms with E-state index in [1.807, 2.05) is 17.9 Å². The predicted octanol–water partition coefficient (Wildman–Crippen LogP) is 3.42. The van der Waals surface area contributed by atoms with Gasteiger partial charge in [-0.3, -0.25) is 4.79 Å². The number of carbonyl (C=O) groups is 1. The second kappa shape index (κ2) is 6.16. The molecular weight excluding hydrogens is 336 g/mol. The Morgan fingerprint density at radius 2 is 2.10 bits per heavy atom. The SMILES string of the molecule is Cc1cc(C(=O)N2CCC(NCC3CC3)CC2)sc1Br. The molecule has 2 heterocycles. The van der Waals surface area contributed by atoms with Crippen LogP contribution in [0.2, 0.25) is 0 Å². The molecule has 0 aromatic carbocycles. The lowest BCUT2D eigenvalue weighted by molar-refractivity contribution is 0.0710. The third-order valence-corrected chi connectivity index (χ3v) is 6.37. The molecule has 2 aliphatic rings. The van der Waals surface area contributed by atoms with Gasteiger partial charge in [-0.25, -0.2) is 0 Å². The molecule has 1 aliphatic heterocycles. The van der Waals surface area contributed by atoms with Crippen molar-refractivity contribution in [3.8, 4) is 0 Å². The monoisotopic (exact) mass is 356 g/mol. The number of thiophene rings is 1. The highest BCUT2D eigenvalue weighted by molar-refractivity contribution is 9.11. The van der Waals surface area contributed by atoms with Crippen LogP contribution in [0.1, 0.15) is 40.9 Å². The molecule has 0 radical (unpaired) electrons. The molecule has 3 nitrogen and oxygen atoms in total. The zero-order valence-electron chi connectivity index (χ0n) is 11.8. The Morgan fingerprint density at radius 3 is 2.65 bits per heavy atom. The number of halogens is 1. The quantitative estimate of drug-likeness (QED) is 0.896. The standard InChI is InChI=1S/C15H21BrN2OS/c1-10-8-13(20-14(10)16)15(19)18-6-4-12(5-7-18)17-9-11-2-3-11/h8,11-12,17H,2-7,9H2,1H3. The number of nitrogens with one attached hydrogen (secondary N) is 1. The van der Waals surface area contributed by atoms with Gasteiger partial charge in [0.15, 0.2) is 0 Å². The highest BCUT2D eigenvalue weighted by Gasteiger charge is 2.27. The van der Waals surface area contributed by atoms with E-state index < -0.39 is 0 Å². The molecule has 1 N–H and O–H groups in total. The molecule has 1 amide bonds. The first-order valence-corrected chi connectivity index (χ1v) is 9.03. The highest BCUT2D eigenvalue weighted by atomic mass is 79.9. The summed E-state index contributed by atoms with van der Waals surface area (Å²) in [5.74, 6) is 1.13. The van der Waals surface area contributed by atoms with Gasteiger partial charge in [-0.05, 0) is 72.6 Å². The number of piperidine rings is 1. The fourth-order valence-electron chi connectivity index (χ4n) is 2.66.